The number of amides is 3. The number of halogens is 1. The molecule has 0 saturated carbocycles. The van der Waals surface area contributed by atoms with Gasteiger partial charge in [0.2, 0.25) is 5.91 Å². The molecule has 3 amide bonds. The molecule has 8 heteroatoms. The summed E-state index contributed by atoms with van der Waals surface area (Å²) in [4.78, 5) is 40.2. The molecule has 0 aliphatic heterocycles. The first-order valence-electron chi connectivity index (χ1n) is 13.1. The van der Waals surface area contributed by atoms with Crippen molar-refractivity contribution in [2.24, 2.45) is 0 Å². The van der Waals surface area contributed by atoms with E-state index in [-0.39, 0.29) is 22.8 Å². The van der Waals surface area contributed by atoms with Crippen LogP contribution in [0.25, 0.3) is 6.08 Å². The Morgan fingerprint density at radius 1 is 0.854 bits per heavy atom. The van der Waals surface area contributed by atoms with Crippen molar-refractivity contribution >= 4 is 62.9 Å². The van der Waals surface area contributed by atoms with E-state index in [1.54, 1.807) is 36.4 Å². The minimum atomic E-state index is -0.460. The van der Waals surface area contributed by atoms with Gasteiger partial charge in [-0.25, -0.2) is 0 Å². The number of hydrogen-bond donors (Lipinski definition) is 3. The number of hydrogen-bond acceptors (Lipinski definition) is 4. The molecule has 1 atom stereocenters. The molecule has 6 nitrogen and oxygen atoms in total. The maximum atomic E-state index is 13.5. The molecule has 208 valence electrons. The lowest BCUT2D eigenvalue weighted by molar-refractivity contribution is -0.116. The van der Waals surface area contributed by atoms with Crippen LogP contribution in [0.15, 0.2) is 118 Å². The summed E-state index contributed by atoms with van der Waals surface area (Å²) in [6, 6.07) is 31.2. The van der Waals surface area contributed by atoms with E-state index in [2.05, 4.69) is 31.9 Å². The summed E-state index contributed by atoms with van der Waals surface area (Å²) in [5.74, 6) is -0.948. The van der Waals surface area contributed by atoms with E-state index in [1.807, 2.05) is 86.6 Å². The van der Waals surface area contributed by atoms with E-state index in [0.717, 1.165) is 20.5 Å². The van der Waals surface area contributed by atoms with Crippen molar-refractivity contribution in [3.8, 4) is 0 Å². The third-order valence-electron chi connectivity index (χ3n) is 6.18. The van der Waals surface area contributed by atoms with E-state index in [4.69, 9.17) is 0 Å². The number of rotatable bonds is 10. The Labute approximate surface area is 252 Å². The Morgan fingerprint density at radius 3 is 2.29 bits per heavy atom. The molecule has 0 spiro atoms. The van der Waals surface area contributed by atoms with Gasteiger partial charge in [-0.15, -0.1) is 11.8 Å². The second-order valence-corrected chi connectivity index (χ2v) is 11.3. The maximum absolute atomic E-state index is 13.5. The van der Waals surface area contributed by atoms with Gasteiger partial charge in [-0.1, -0.05) is 67.6 Å². The van der Waals surface area contributed by atoms with Crippen molar-refractivity contribution in [1.29, 1.82) is 0 Å². The normalized spacial score (nSPS) is 11.8. The van der Waals surface area contributed by atoms with E-state index < -0.39 is 5.91 Å². The van der Waals surface area contributed by atoms with Gasteiger partial charge in [0.05, 0.1) is 10.9 Å². The van der Waals surface area contributed by atoms with Gasteiger partial charge in [0.15, 0.2) is 0 Å². The van der Waals surface area contributed by atoms with Crippen molar-refractivity contribution in [2.75, 3.05) is 10.6 Å². The number of aryl methyl sites for hydroxylation is 1. The summed E-state index contributed by atoms with van der Waals surface area (Å²) >= 11 is 4.89. The monoisotopic (exact) mass is 627 g/mol. The van der Waals surface area contributed by atoms with Crippen molar-refractivity contribution in [2.45, 2.75) is 30.4 Å². The molecule has 0 radical (unpaired) electrons. The Hall–Kier alpha value is -4.14. The molecular formula is C33H30BrN3O3S. The number of nitrogens with one attached hydrogen (secondary N) is 3. The van der Waals surface area contributed by atoms with Gasteiger partial charge in [-0.05, 0) is 88.9 Å². The summed E-state index contributed by atoms with van der Waals surface area (Å²) in [6.07, 6.45) is 2.29. The quantitative estimate of drug-likeness (QED) is 0.124. The minimum Gasteiger partial charge on any atom is -0.324 e. The molecule has 0 heterocycles. The van der Waals surface area contributed by atoms with Crippen LogP contribution < -0.4 is 16.0 Å². The van der Waals surface area contributed by atoms with Crippen LogP contribution in [-0.2, 0) is 9.59 Å². The first-order chi connectivity index (χ1) is 19.8. The highest BCUT2D eigenvalue weighted by molar-refractivity contribution is 9.10. The number of thioether (sulfide) groups is 1. The van der Waals surface area contributed by atoms with Crippen molar-refractivity contribution in [1.82, 2.24) is 5.32 Å². The highest BCUT2D eigenvalue weighted by Gasteiger charge is 2.20. The highest BCUT2D eigenvalue weighted by atomic mass is 79.9. The molecule has 1 unspecified atom stereocenters. The molecule has 0 aliphatic rings. The topological polar surface area (TPSA) is 87.3 Å². The van der Waals surface area contributed by atoms with Gasteiger partial charge in [0.25, 0.3) is 11.8 Å². The zero-order valence-corrected chi connectivity index (χ0v) is 25.1. The van der Waals surface area contributed by atoms with Gasteiger partial charge in [-0.2, -0.15) is 0 Å². The first-order valence-corrected chi connectivity index (χ1v) is 14.8. The van der Waals surface area contributed by atoms with Crippen LogP contribution in [0.4, 0.5) is 11.4 Å². The Kier molecular flexibility index (Phi) is 10.5. The van der Waals surface area contributed by atoms with Crippen LogP contribution in [0.2, 0.25) is 0 Å². The smallest absolute Gasteiger partial charge is 0.272 e. The predicted octanol–water partition coefficient (Wildman–Crippen LogP) is 7.68. The Bertz CT molecular complexity index is 1570. The third kappa shape index (κ3) is 8.42. The van der Waals surface area contributed by atoms with Crippen LogP contribution in [0.1, 0.15) is 34.8 Å². The number of benzene rings is 4. The fourth-order valence-corrected chi connectivity index (χ4v) is 5.35. The second kappa shape index (κ2) is 14.5. The van der Waals surface area contributed by atoms with Crippen LogP contribution in [0, 0.1) is 6.92 Å². The molecule has 4 rings (SSSR count). The van der Waals surface area contributed by atoms with Crippen LogP contribution in [-0.4, -0.2) is 23.0 Å². The average Bonchev–Trinajstić information content (AvgIpc) is 2.98. The lowest BCUT2D eigenvalue weighted by Gasteiger charge is -2.16. The largest absolute Gasteiger partial charge is 0.324 e. The SMILES string of the molecule is CCC(Sc1cccc(NC(=O)/C(=C/c2ccccc2C)NC(=O)c2ccccc2)c1)C(=O)Nc1ccccc1Br. The molecule has 3 N–H and O–H groups in total. The van der Waals surface area contributed by atoms with Crippen molar-refractivity contribution in [3.05, 3.63) is 130 Å². The molecule has 0 saturated heterocycles. The van der Waals surface area contributed by atoms with E-state index >= 15 is 0 Å². The third-order valence-corrected chi connectivity index (χ3v) is 8.23. The van der Waals surface area contributed by atoms with Crippen LogP contribution in [0.5, 0.6) is 0 Å². The van der Waals surface area contributed by atoms with E-state index in [1.165, 1.54) is 11.8 Å². The lowest BCUT2D eigenvalue weighted by Crippen LogP contribution is -2.30. The summed E-state index contributed by atoms with van der Waals surface area (Å²) in [7, 11) is 0. The summed E-state index contributed by atoms with van der Waals surface area (Å²) < 4.78 is 0.812. The van der Waals surface area contributed by atoms with E-state index in [0.29, 0.717) is 23.4 Å². The molecule has 41 heavy (non-hydrogen) atoms. The molecule has 4 aromatic carbocycles. The summed E-state index contributed by atoms with van der Waals surface area (Å²) in [6.45, 7) is 3.90. The highest BCUT2D eigenvalue weighted by Crippen LogP contribution is 2.30. The first kappa shape index (κ1) is 29.8. The molecule has 4 aromatic rings. The van der Waals surface area contributed by atoms with Gasteiger partial charge in [0, 0.05) is 20.6 Å². The zero-order valence-electron chi connectivity index (χ0n) is 22.7. The zero-order chi connectivity index (χ0) is 29.2. The van der Waals surface area contributed by atoms with Gasteiger partial charge in [0.1, 0.15) is 5.70 Å². The standard InChI is InChI=1S/C33H30BrN3O3S/c1-3-30(33(40)36-28-19-10-9-18-27(28)34)41-26-17-11-16-25(21-26)35-32(39)29(20-24-15-8-7-12-22(24)2)37-31(38)23-13-5-4-6-14-23/h4-21,30H,3H2,1-2H3,(H,35,39)(H,36,40)(H,37,38)/b29-20-. The molecular weight excluding hydrogens is 598 g/mol. The maximum Gasteiger partial charge on any atom is 0.272 e. The summed E-state index contributed by atoms with van der Waals surface area (Å²) in [5, 5.41) is 8.32. The van der Waals surface area contributed by atoms with E-state index in [9.17, 15) is 14.4 Å². The van der Waals surface area contributed by atoms with Gasteiger partial charge >= 0.3 is 0 Å². The predicted molar refractivity (Wildman–Crippen MR) is 171 cm³/mol. The fourth-order valence-electron chi connectivity index (χ4n) is 3.95. The van der Waals surface area contributed by atoms with Crippen molar-refractivity contribution < 1.29 is 14.4 Å². The molecule has 0 fully saturated rings. The second-order valence-electron chi connectivity index (χ2n) is 9.20. The molecule has 0 bridgehead atoms. The van der Waals surface area contributed by atoms with Crippen LogP contribution >= 0.6 is 27.7 Å². The Morgan fingerprint density at radius 2 is 1.56 bits per heavy atom. The number of carbonyl (C=O) groups is 3. The van der Waals surface area contributed by atoms with Gasteiger partial charge < -0.3 is 16.0 Å². The minimum absolute atomic E-state index is 0.106. The lowest BCUT2D eigenvalue weighted by atomic mass is 10.1. The Balaban J connectivity index is 1.51. The molecule has 0 aliphatic carbocycles. The average molecular weight is 629 g/mol. The molecule has 0 aromatic heterocycles. The fraction of sp³-hybridized carbons (Fsp3) is 0.121. The van der Waals surface area contributed by atoms with Crippen LogP contribution in [0.3, 0.4) is 0 Å². The number of para-hydroxylation sites is 1. The number of carbonyl (C=O) groups excluding carboxylic acids is 3. The van der Waals surface area contributed by atoms with Crippen molar-refractivity contribution in [3.63, 3.8) is 0 Å². The number of anilines is 2. The summed E-state index contributed by atoms with van der Waals surface area (Å²) in [5.41, 5.74) is 3.61. The van der Waals surface area contributed by atoms with Gasteiger partial charge in [-0.3, -0.25) is 14.4 Å².